The predicted octanol–water partition coefficient (Wildman–Crippen LogP) is 1.24. The van der Waals surface area contributed by atoms with Gasteiger partial charge in [0.2, 0.25) is 0 Å². The van der Waals surface area contributed by atoms with E-state index in [1.54, 1.807) is 0 Å². The zero-order valence-electron chi connectivity index (χ0n) is 7.65. The van der Waals surface area contributed by atoms with Gasteiger partial charge in [-0.3, -0.25) is 20.2 Å². The number of rotatable bonds is 2. The Balaban J connectivity index is 3.11. The molecule has 1 fully saturated rings. The maximum atomic E-state index is 10.7. The zero-order valence-corrected chi connectivity index (χ0v) is 7.65. The summed E-state index contributed by atoms with van der Waals surface area (Å²) in [6, 6.07) is 0. The Morgan fingerprint density at radius 1 is 1.00 bits per heavy atom. The molecule has 0 unspecified atom stereocenters. The lowest BCUT2D eigenvalue weighted by Gasteiger charge is -2.25. The fourth-order valence-corrected chi connectivity index (χ4v) is 1.89. The first kappa shape index (κ1) is 9.88. The Labute approximate surface area is 75.2 Å². The van der Waals surface area contributed by atoms with Gasteiger partial charge < -0.3 is 0 Å². The summed E-state index contributed by atoms with van der Waals surface area (Å²) >= 11 is 0. The van der Waals surface area contributed by atoms with E-state index in [1.165, 1.54) is 13.8 Å². The summed E-state index contributed by atoms with van der Waals surface area (Å²) in [6.45, 7) is 2.73. The summed E-state index contributed by atoms with van der Waals surface area (Å²) < 4.78 is 0. The molecular formula is C7H12N2O4. The van der Waals surface area contributed by atoms with Gasteiger partial charge in [0, 0.05) is 36.5 Å². The van der Waals surface area contributed by atoms with E-state index in [4.69, 9.17) is 0 Å². The molecule has 6 nitrogen and oxygen atoms in total. The Morgan fingerprint density at radius 2 is 1.31 bits per heavy atom. The maximum absolute atomic E-state index is 10.7. The van der Waals surface area contributed by atoms with Gasteiger partial charge in [0.1, 0.15) is 0 Å². The van der Waals surface area contributed by atoms with Crippen LogP contribution in [0.4, 0.5) is 0 Å². The van der Waals surface area contributed by atoms with Crippen molar-refractivity contribution in [3.8, 4) is 0 Å². The molecule has 0 amide bonds. The molecule has 1 saturated carbocycles. The quantitative estimate of drug-likeness (QED) is 0.481. The van der Waals surface area contributed by atoms with Crippen LogP contribution in [-0.4, -0.2) is 20.9 Å². The highest BCUT2D eigenvalue weighted by Gasteiger charge is 2.67. The molecule has 0 aromatic carbocycles. The van der Waals surface area contributed by atoms with Gasteiger partial charge in [0.15, 0.2) is 0 Å². The van der Waals surface area contributed by atoms with Crippen LogP contribution in [0.3, 0.4) is 0 Å². The topological polar surface area (TPSA) is 86.3 Å². The molecule has 0 aromatic rings. The molecular weight excluding hydrogens is 176 g/mol. The highest BCUT2D eigenvalue weighted by atomic mass is 16.6. The van der Waals surface area contributed by atoms with Crippen molar-refractivity contribution in [2.75, 3.05) is 0 Å². The molecule has 13 heavy (non-hydrogen) atoms. The van der Waals surface area contributed by atoms with E-state index >= 15 is 0 Å². The number of hydrogen-bond acceptors (Lipinski definition) is 4. The third-order valence-corrected chi connectivity index (χ3v) is 3.29. The van der Waals surface area contributed by atoms with Gasteiger partial charge in [-0.1, -0.05) is 0 Å². The fourth-order valence-electron chi connectivity index (χ4n) is 1.89. The number of nitro groups is 2. The normalized spacial score (nSPS) is 38.9. The molecule has 1 aliphatic carbocycles. The first-order chi connectivity index (χ1) is 5.84. The minimum absolute atomic E-state index is 0.289. The summed E-state index contributed by atoms with van der Waals surface area (Å²) in [7, 11) is 0. The van der Waals surface area contributed by atoms with E-state index in [0.717, 1.165) is 0 Å². The molecule has 0 aliphatic heterocycles. The van der Waals surface area contributed by atoms with Crippen LogP contribution in [0.2, 0.25) is 0 Å². The van der Waals surface area contributed by atoms with Crippen molar-refractivity contribution < 1.29 is 9.85 Å². The van der Waals surface area contributed by atoms with Crippen LogP contribution in [-0.2, 0) is 0 Å². The molecule has 74 valence electrons. The Kier molecular flexibility index (Phi) is 2.01. The van der Waals surface area contributed by atoms with Crippen LogP contribution in [0.5, 0.6) is 0 Å². The molecule has 0 saturated heterocycles. The lowest BCUT2D eigenvalue weighted by atomic mass is 9.84. The highest BCUT2D eigenvalue weighted by molar-refractivity contribution is 5.00. The summed E-state index contributed by atoms with van der Waals surface area (Å²) in [4.78, 5) is 20.5. The highest BCUT2D eigenvalue weighted by Crippen LogP contribution is 2.43. The van der Waals surface area contributed by atoms with Crippen molar-refractivity contribution in [2.45, 2.75) is 44.2 Å². The van der Waals surface area contributed by atoms with Crippen LogP contribution in [0.15, 0.2) is 0 Å². The van der Waals surface area contributed by atoms with Gasteiger partial charge in [-0.25, -0.2) is 0 Å². The van der Waals surface area contributed by atoms with E-state index in [0.29, 0.717) is 6.42 Å². The van der Waals surface area contributed by atoms with Crippen molar-refractivity contribution in [1.29, 1.82) is 0 Å². The number of hydrogen-bond donors (Lipinski definition) is 0. The molecule has 0 spiro atoms. The first-order valence-electron chi connectivity index (χ1n) is 4.13. The molecule has 0 bridgehead atoms. The molecule has 0 radical (unpaired) electrons. The third-order valence-electron chi connectivity index (χ3n) is 3.29. The van der Waals surface area contributed by atoms with Gasteiger partial charge in [0.05, 0.1) is 0 Å². The van der Waals surface area contributed by atoms with Crippen LogP contribution in [0.1, 0.15) is 33.1 Å². The van der Waals surface area contributed by atoms with Crippen molar-refractivity contribution in [3.05, 3.63) is 20.2 Å². The minimum atomic E-state index is -1.41. The van der Waals surface area contributed by atoms with Crippen molar-refractivity contribution in [1.82, 2.24) is 0 Å². The molecule has 1 aliphatic rings. The smallest absolute Gasteiger partial charge is 0.264 e. The second-order valence-corrected chi connectivity index (χ2v) is 3.92. The second kappa shape index (κ2) is 2.65. The van der Waals surface area contributed by atoms with Crippen molar-refractivity contribution in [3.63, 3.8) is 0 Å². The predicted molar refractivity (Wildman–Crippen MR) is 44.6 cm³/mol. The SMILES string of the molecule is C[C@@]1([N+](=O)[O-])CCC[C@@]1(C)[N+](=O)[O-]. The van der Waals surface area contributed by atoms with E-state index < -0.39 is 20.9 Å². The van der Waals surface area contributed by atoms with Crippen molar-refractivity contribution in [2.24, 2.45) is 0 Å². The fraction of sp³-hybridized carbons (Fsp3) is 1.00. The Hall–Kier alpha value is -1.20. The summed E-state index contributed by atoms with van der Waals surface area (Å²) in [5.41, 5.74) is -2.81. The largest absolute Gasteiger partial charge is 0.287 e. The maximum Gasteiger partial charge on any atom is 0.287 e. The average Bonchev–Trinajstić information content (AvgIpc) is 2.31. The summed E-state index contributed by atoms with van der Waals surface area (Å²) in [5, 5.41) is 21.5. The minimum Gasteiger partial charge on any atom is -0.264 e. The summed E-state index contributed by atoms with van der Waals surface area (Å²) in [6.07, 6.45) is 1.13. The molecule has 2 atom stereocenters. The van der Waals surface area contributed by atoms with E-state index in [1.807, 2.05) is 0 Å². The Bertz CT molecular complexity index is 241. The van der Waals surface area contributed by atoms with Gasteiger partial charge in [0.25, 0.3) is 11.1 Å². The van der Waals surface area contributed by atoms with Crippen LogP contribution in [0, 0.1) is 20.2 Å². The monoisotopic (exact) mass is 188 g/mol. The average molecular weight is 188 g/mol. The lowest BCUT2D eigenvalue weighted by Crippen LogP contribution is -2.55. The zero-order chi connectivity index (χ0) is 10.3. The first-order valence-corrected chi connectivity index (χ1v) is 4.13. The van der Waals surface area contributed by atoms with E-state index in [2.05, 4.69) is 0 Å². The van der Waals surface area contributed by atoms with E-state index in [-0.39, 0.29) is 12.8 Å². The molecule has 1 rings (SSSR count). The van der Waals surface area contributed by atoms with Gasteiger partial charge in [-0.05, 0) is 6.42 Å². The van der Waals surface area contributed by atoms with E-state index in [9.17, 15) is 20.2 Å². The molecule has 0 N–H and O–H groups in total. The lowest BCUT2D eigenvalue weighted by molar-refractivity contribution is -0.673. The third kappa shape index (κ3) is 1.08. The van der Waals surface area contributed by atoms with Crippen molar-refractivity contribution >= 4 is 0 Å². The van der Waals surface area contributed by atoms with Gasteiger partial charge >= 0.3 is 0 Å². The number of nitrogens with zero attached hydrogens (tertiary/aromatic N) is 2. The molecule has 6 heteroatoms. The second-order valence-electron chi connectivity index (χ2n) is 3.92. The Morgan fingerprint density at radius 3 is 1.54 bits per heavy atom. The van der Waals surface area contributed by atoms with Crippen LogP contribution >= 0.6 is 0 Å². The molecule has 0 heterocycles. The van der Waals surface area contributed by atoms with Gasteiger partial charge in [-0.2, -0.15) is 0 Å². The van der Waals surface area contributed by atoms with Crippen LogP contribution < -0.4 is 0 Å². The standard InChI is InChI=1S/C7H12N2O4/c1-6(8(10)11)4-3-5-7(6,2)9(12)13/h3-5H2,1-2H3/t6-,7-/m1/s1. The van der Waals surface area contributed by atoms with Gasteiger partial charge in [-0.15, -0.1) is 0 Å². The summed E-state index contributed by atoms with van der Waals surface area (Å²) in [5.74, 6) is 0. The van der Waals surface area contributed by atoms with Crippen LogP contribution in [0.25, 0.3) is 0 Å². The molecule has 0 aromatic heterocycles.